The largest absolute Gasteiger partial charge is 0.326 e. The van der Waals surface area contributed by atoms with Crippen LogP contribution in [0, 0.1) is 0 Å². The quantitative estimate of drug-likeness (QED) is 0.215. The van der Waals surface area contributed by atoms with Gasteiger partial charge in [0, 0.05) is 11.8 Å². The molecule has 0 amide bonds. The number of alkyl halides is 1. The maximum absolute atomic E-state index is 3.59. The van der Waals surface area contributed by atoms with Gasteiger partial charge in [-0.25, -0.2) is 0 Å². The smallest absolute Gasteiger partial charge is 0.0792 e. The first-order chi connectivity index (χ1) is 9.18. The minimum absolute atomic E-state index is 1.16. The Labute approximate surface area is 130 Å². The van der Waals surface area contributed by atoms with Gasteiger partial charge < -0.3 is 4.48 Å². The van der Waals surface area contributed by atoms with Crippen molar-refractivity contribution in [2.24, 2.45) is 0 Å². The SMILES string of the molecule is CCCCCCC[N+](C)(CCCBr)CCCCCC. The fourth-order valence-corrected chi connectivity index (χ4v) is 3.05. The molecule has 0 saturated heterocycles. The molecule has 2 heteroatoms. The van der Waals surface area contributed by atoms with Crippen LogP contribution in [0.25, 0.3) is 0 Å². The van der Waals surface area contributed by atoms with E-state index in [-0.39, 0.29) is 0 Å². The predicted molar refractivity (Wildman–Crippen MR) is 92.1 cm³/mol. The zero-order valence-corrected chi connectivity index (χ0v) is 15.3. The second-order valence-electron chi connectivity index (χ2n) is 6.31. The second kappa shape index (κ2) is 13.4. The van der Waals surface area contributed by atoms with Gasteiger partial charge in [-0.15, -0.1) is 0 Å². The molecule has 0 aliphatic rings. The van der Waals surface area contributed by atoms with Crippen LogP contribution < -0.4 is 0 Å². The van der Waals surface area contributed by atoms with E-state index in [1.807, 2.05) is 0 Å². The molecule has 0 aromatic carbocycles. The third-order valence-electron chi connectivity index (χ3n) is 4.18. The van der Waals surface area contributed by atoms with E-state index in [9.17, 15) is 0 Å². The molecule has 0 aromatic heterocycles. The summed E-state index contributed by atoms with van der Waals surface area (Å²) in [5, 5.41) is 1.16. The standard InChI is InChI=1S/C17H37BrN/c1-4-6-8-10-12-16-19(3,17-13-14-18)15-11-9-7-5-2/h4-17H2,1-3H3/q+1. The lowest BCUT2D eigenvalue weighted by Gasteiger charge is -2.35. The molecule has 0 aliphatic heterocycles. The number of nitrogens with zero attached hydrogens (tertiary/aromatic N) is 1. The molecule has 116 valence electrons. The van der Waals surface area contributed by atoms with E-state index >= 15 is 0 Å². The molecular formula is C17H37BrN+. The molecule has 0 rings (SSSR count). The van der Waals surface area contributed by atoms with Crippen molar-refractivity contribution in [3.05, 3.63) is 0 Å². The Balaban J connectivity index is 3.88. The summed E-state index contributed by atoms with van der Waals surface area (Å²) in [5.41, 5.74) is 0. The molecule has 0 heterocycles. The number of hydrogen-bond donors (Lipinski definition) is 0. The van der Waals surface area contributed by atoms with Crippen LogP contribution in [-0.2, 0) is 0 Å². The summed E-state index contributed by atoms with van der Waals surface area (Å²) in [7, 11) is 2.48. The normalized spacial score (nSPS) is 14.5. The third kappa shape index (κ3) is 11.9. The van der Waals surface area contributed by atoms with E-state index in [1.165, 1.54) is 88.3 Å². The van der Waals surface area contributed by atoms with Crippen molar-refractivity contribution in [1.29, 1.82) is 0 Å². The first kappa shape index (κ1) is 19.4. The highest BCUT2D eigenvalue weighted by molar-refractivity contribution is 9.09. The average molecular weight is 335 g/mol. The monoisotopic (exact) mass is 334 g/mol. The van der Waals surface area contributed by atoms with Crippen LogP contribution in [0.15, 0.2) is 0 Å². The molecule has 1 unspecified atom stereocenters. The van der Waals surface area contributed by atoms with Crippen LogP contribution >= 0.6 is 15.9 Å². The van der Waals surface area contributed by atoms with Crippen LogP contribution in [0.1, 0.15) is 78.1 Å². The van der Waals surface area contributed by atoms with Crippen LogP contribution in [0.3, 0.4) is 0 Å². The van der Waals surface area contributed by atoms with E-state index in [4.69, 9.17) is 0 Å². The first-order valence-corrected chi connectivity index (χ1v) is 9.70. The minimum atomic E-state index is 1.16. The number of quaternary nitrogens is 1. The molecule has 0 fully saturated rings. The van der Waals surface area contributed by atoms with Gasteiger partial charge in [0.15, 0.2) is 0 Å². The fourth-order valence-electron chi connectivity index (χ4n) is 2.79. The lowest BCUT2D eigenvalue weighted by molar-refractivity contribution is -0.910. The molecule has 19 heavy (non-hydrogen) atoms. The summed E-state index contributed by atoms with van der Waals surface area (Å²) in [6.45, 7) is 8.73. The van der Waals surface area contributed by atoms with Crippen molar-refractivity contribution in [1.82, 2.24) is 0 Å². The average Bonchev–Trinajstić information content (AvgIpc) is 2.41. The molecule has 0 aromatic rings. The third-order valence-corrected chi connectivity index (χ3v) is 4.75. The Hall–Kier alpha value is 0.440. The van der Waals surface area contributed by atoms with Crippen LogP contribution in [0.2, 0.25) is 0 Å². The van der Waals surface area contributed by atoms with E-state index in [1.54, 1.807) is 0 Å². The number of hydrogen-bond acceptors (Lipinski definition) is 0. The van der Waals surface area contributed by atoms with Crippen molar-refractivity contribution in [3.8, 4) is 0 Å². The summed E-state index contributed by atoms with van der Waals surface area (Å²) in [4.78, 5) is 0. The van der Waals surface area contributed by atoms with Crippen molar-refractivity contribution < 1.29 is 4.48 Å². The van der Waals surface area contributed by atoms with Crippen LogP contribution in [0.4, 0.5) is 0 Å². The Morgan fingerprint density at radius 2 is 1.05 bits per heavy atom. The molecule has 1 nitrogen and oxygen atoms in total. The van der Waals surface area contributed by atoms with E-state index < -0.39 is 0 Å². The van der Waals surface area contributed by atoms with Gasteiger partial charge in [-0.1, -0.05) is 61.9 Å². The van der Waals surface area contributed by atoms with Crippen molar-refractivity contribution in [2.45, 2.75) is 78.1 Å². The van der Waals surface area contributed by atoms with E-state index in [0.717, 1.165) is 5.33 Å². The lowest BCUT2D eigenvalue weighted by Crippen LogP contribution is -2.46. The maximum Gasteiger partial charge on any atom is 0.0792 e. The fraction of sp³-hybridized carbons (Fsp3) is 1.00. The van der Waals surface area contributed by atoms with Gasteiger partial charge in [0.25, 0.3) is 0 Å². The molecule has 0 N–H and O–H groups in total. The summed E-state index contributed by atoms with van der Waals surface area (Å²) in [5.74, 6) is 0. The summed E-state index contributed by atoms with van der Waals surface area (Å²) in [6, 6.07) is 0. The zero-order valence-electron chi connectivity index (χ0n) is 13.7. The maximum atomic E-state index is 3.59. The van der Waals surface area contributed by atoms with Gasteiger partial charge in [-0.3, -0.25) is 0 Å². The van der Waals surface area contributed by atoms with Gasteiger partial charge in [0.05, 0.1) is 26.7 Å². The van der Waals surface area contributed by atoms with Crippen molar-refractivity contribution in [2.75, 3.05) is 32.0 Å². The molecule has 0 bridgehead atoms. The predicted octanol–water partition coefficient (Wildman–Crippen LogP) is 5.77. The molecule has 0 spiro atoms. The van der Waals surface area contributed by atoms with E-state index in [0.29, 0.717) is 0 Å². The molecular weight excluding hydrogens is 298 g/mol. The Bertz CT molecular complexity index is 184. The highest BCUT2D eigenvalue weighted by Crippen LogP contribution is 2.13. The van der Waals surface area contributed by atoms with Gasteiger partial charge in [-0.05, 0) is 25.7 Å². The number of unbranched alkanes of at least 4 members (excludes halogenated alkanes) is 7. The highest BCUT2D eigenvalue weighted by Gasteiger charge is 2.19. The summed E-state index contributed by atoms with van der Waals surface area (Å²) in [6.07, 6.45) is 14.0. The van der Waals surface area contributed by atoms with E-state index in [2.05, 4.69) is 36.8 Å². The van der Waals surface area contributed by atoms with Gasteiger partial charge in [0.2, 0.25) is 0 Å². The first-order valence-electron chi connectivity index (χ1n) is 8.58. The number of halogens is 1. The van der Waals surface area contributed by atoms with Crippen molar-refractivity contribution in [3.63, 3.8) is 0 Å². The van der Waals surface area contributed by atoms with Crippen molar-refractivity contribution >= 4 is 15.9 Å². The number of rotatable bonds is 14. The van der Waals surface area contributed by atoms with Crippen LogP contribution in [0.5, 0.6) is 0 Å². The molecule has 1 atom stereocenters. The minimum Gasteiger partial charge on any atom is -0.326 e. The zero-order chi connectivity index (χ0) is 14.4. The topological polar surface area (TPSA) is 0 Å². The highest BCUT2D eigenvalue weighted by atomic mass is 79.9. The molecule has 0 saturated carbocycles. The molecule has 0 radical (unpaired) electrons. The van der Waals surface area contributed by atoms with Gasteiger partial charge in [0.1, 0.15) is 0 Å². The van der Waals surface area contributed by atoms with Crippen LogP contribution in [-0.4, -0.2) is 36.5 Å². The van der Waals surface area contributed by atoms with Gasteiger partial charge >= 0.3 is 0 Å². The van der Waals surface area contributed by atoms with Gasteiger partial charge in [-0.2, -0.15) is 0 Å². The summed E-state index contributed by atoms with van der Waals surface area (Å²) >= 11 is 3.59. The lowest BCUT2D eigenvalue weighted by atomic mass is 10.1. The second-order valence-corrected chi connectivity index (χ2v) is 7.10. The summed E-state index contributed by atoms with van der Waals surface area (Å²) < 4.78 is 1.31. The Morgan fingerprint density at radius 3 is 1.53 bits per heavy atom. The molecule has 0 aliphatic carbocycles. The Morgan fingerprint density at radius 1 is 0.632 bits per heavy atom. The Kier molecular flexibility index (Phi) is 13.7.